The average Bonchev–Trinajstić information content (AvgIpc) is 3.42. The second kappa shape index (κ2) is 8.74. The van der Waals surface area contributed by atoms with Crippen LogP contribution in [0.15, 0.2) is 30.7 Å². The fraction of sp³-hybridized carbons (Fsp3) is 0.364. The molecule has 2 aliphatic rings. The molecule has 1 amide bonds. The lowest BCUT2D eigenvalue weighted by Gasteiger charge is -2.22. The van der Waals surface area contributed by atoms with Crippen molar-refractivity contribution in [2.45, 2.75) is 37.8 Å². The van der Waals surface area contributed by atoms with Crippen molar-refractivity contribution < 1.29 is 13.6 Å². The van der Waals surface area contributed by atoms with Gasteiger partial charge < -0.3 is 21.7 Å². The van der Waals surface area contributed by atoms with Crippen molar-refractivity contribution in [2.24, 2.45) is 5.73 Å². The molecule has 1 aliphatic carbocycles. The van der Waals surface area contributed by atoms with E-state index in [2.05, 4.69) is 31.0 Å². The third-order valence-corrected chi connectivity index (χ3v) is 6.17. The molecular weight excluding hydrogens is 430 g/mol. The van der Waals surface area contributed by atoms with E-state index in [0.29, 0.717) is 24.4 Å². The Hall–Kier alpha value is -3.60. The summed E-state index contributed by atoms with van der Waals surface area (Å²) in [5.41, 5.74) is 7.71. The molecule has 1 saturated heterocycles. The van der Waals surface area contributed by atoms with E-state index in [1.54, 1.807) is 6.20 Å². The second-order valence-corrected chi connectivity index (χ2v) is 8.34. The molecule has 0 bridgehead atoms. The molecule has 172 valence electrons. The molecule has 1 atom stereocenters. The van der Waals surface area contributed by atoms with Gasteiger partial charge in [-0.1, -0.05) is 0 Å². The normalized spacial score (nSPS) is 18.2. The molecule has 2 aromatic heterocycles. The summed E-state index contributed by atoms with van der Waals surface area (Å²) in [4.78, 5) is 20.6. The summed E-state index contributed by atoms with van der Waals surface area (Å²) in [6, 6.07) is 2.41. The lowest BCUT2D eigenvalue weighted by molar-refractivity contribution is 0.100. The third-order valence-electron chi connectivity index (χ3n) is 6.17. The van der Waals surface area contributed by atoms with Gasteiger partial charge >= 0.3 is 0 Å². The lowest BCUT2D eigenvalue weighted by atomic mass is 10.1. The minimum Gasteiger partial charge on any atom is -0.365 e. The quantitative estimate of drug-likeness (QED) is 0.452. The van der Waals surface area contributed by atoms with Crippen LogP contribution in [0.3, 0.4) is 0 Å². The van der Waals surface area contributed by atoms with E-state index in [1.807, 2.05) is 10.9 Å². The molecule has 3 heterocycles. The number of rotatable bonds is 6. The number of amides is 1. The summed E-state index contributed by atoms with van der Waals surface area (Å²) in [6.07, 6.45) is 8.15. The van der Waals surface area contributed by atoms with E-state index in [1.165, 1.54) is 18.3 Å². The minimum atomic E-state index is -0.909. The number of carbonyl (C=O) groups excluding carboxylic acids is 1. The zero-order valence-electron chi connectivity index (χ0n) is 17.8. The molecule has 5 N–H and O–H groups in total. The van der Waals surface area contributed by atoms with Crippen molar-refractivity contribution >= 4 is 23.4 Å². The van der Waals surface area contributed by atoms with Crippen molar-refractivity contribution in [3.63, 3.8) is 0 Å². The Morgan fingerprint density at radius 1 is 1.15 bits per heavy atom. The number of nitrogens with one attached hydrogen (secondary N) is 3. The van der Waals surface area contributed by atoms with Crippen LogP contribution in [0.4, 0.5) is 26.2 Å². The van der Waals surface area contributed by atoms with Gasteiger partial charge in [-0.2, -0.15) is 10.1 Å². The first-order chi connectivity index (χ1) is 16.0. The van der Waals surface area contributed by atoms with Crippen LogP contribution in [0.5, 0.6) is 0 Å². The standard InChI is InChI=1S/C22H24F2N8O/c23-17-7-12-1-2-19(15(12)8-18(17)24)30-21-16(20(25)33)10-27-22(31-21)29-13-9-28-32(11-13)14-3-5-26-6-4-14/h7-11,14,19,26H,1-6H2,(H2,25,33)(H2,27,29,30,31). The summed E-state index contributed by atoms with van der Waals surface area (Å²) >= 11 is 0. The van der Waals surface area contributed by atoms with Gasteiger partial charge in [-0.25, -0.2) is 13.8 Å². The van der Waals surface area contributed by atoms with Gasteiger partial charge in [0.15, 0.2) is 11.6 Å². The molecule has 11 heteroatoms. The monoisotopic (exact) mass is 454 g/mol. The van der Waals surface area contributed by atoms with E-state index < -0.39 is 17.5 Å². The van der Waals surface area contributed by atoms with Gasteiger partial charge in [0, 0.05) is 12.4 Å². The maximum atomic E-state index is 13.8. The maximum absolute atomic E-state index is 13.8. The van der Waals surface area contributed by atoms with Crippen LogP contribution < -0.4 is 21.7 Å². The molecule has 1 fully saturated rings. The maximum Gasteiger partial charge on any atom is 0.254 e. The summed E-state index contributed by atoms with van der Waals surface area (Å²) in [5.74, 6) is -1.98. The number of fused-ring (bicyclic) bond motifs is 1. The first kappa shape index (κ1) is 21.3. The molecular formula is C22H24F2N8O. The number of halogens is 2. The van der Waals surface area contributed by atoms with E-state index >= 15 is 0 Å². The van der Waals surface area contributed by atoms with Gasteiger partial charge in [0.05, 0.1) is 29.5 Å². The van der Waals surface area contributed by atoms with Gasteiger partial charge in [-0.15, -0.1) is 0 Å². The van der Waals surface area contributed by atoms with Crippen molar-refractivity contribution in [2.75, 3.05) is 23.7 Å². The Morgan fingerprint density at radius 2 is 1.94 bits per heavy atom. The predicted molar refractivity (Wildman–Crippen MR) is 118 cm³/mol. The van der Waals surface area contributed by atoms with Crippen molar-refractivity contribution in [1.29, 1.82) is 0 Å². The highest BCUT2D eigenvalue weighted by atomic mass is 19.2. The molecule has 1 aliphatic heterocycles. The van der Waals surface area contributed by atoms with E-state index in [0.717, 1.165) is 37.2 Å². The molecule has 33 heavy (non-hydrogen) atoms. The number of anilines is 3. The fourth-order valence-corrected chi connectivity index (χ4v) is 4.45. The third kappa shape index (κ3) is 4.36. The molecule has 1 aromatic carbocycles. The van der Waals surface area contributed by atoms with Crippen LogP contribution in [-0.4, -0.2) is 38.7 Å². The number of carbonyl (C=O) groups is 1. The minimum absolute atomic E-state index is 0.113. The predicted octanol–water partition coefficient (Wildman–Crippen LogP) is 2.82. The molecule has 0 radical (unpaired) electrons. The second-order valence-electron chi connectivity index (χ2n) is 8.34. The van der Waals surface area contributed by atoms with E-state index in [-0.39, 0.29) is 23.4 Å². The molecule has 1 unspecified atom stereocenters. The van der Waals surface area contributed by atoms with Gasteiger partial charge in [0.25, 0.3) is 5.91 Å². The van der Waals surface area contributed by atoms with E-state index in [9.17, 15) is 13.6 Å². The smallest absolute Gasteiger partial charge is 0.254 e. The van der Waals surface area contributed by atoms with Crippen LogP contribution in [-0.2, 0) is 6.42 Å². The lowest BCUT2D eigenvalue weighted by Crippen LogP contribution is -2.29. The van der Waals surface area contributed by atoms with Gasteiger partial charge in [0.2, 0.25) is 5.95 Å². The number of nitrogens with zero attached hydrogens (tertiary/aromatic N) is 4. The van der Waals surface area contributed by atoms with Gasteiger partial charge in [-0.3, -0.25) is 9.48 Å². The van der Waals surface area contributed by atoms with Gasteiger partial charge in [0.1, 0.15) is 5.82 Å². The number of aromatic nitrogens is 4. The molecule has 5 rings (SSSR count). The fourth-order valence-electron chi connectivity index (χ4n) is 4.45. The number of primary amides is 1. The first-order valence-corrected chi connectivity index (χ1v) is 10.9. The Labute approximate surface area is 188 Å². The summed E-state index contributed by atoms with van der Waals surface area (Å²) < 4.78 is 29.3. The number of hydrogen-bond acceptors (Lipinski definition) is 7. The van der Waals surface area contributed by atoms with Crippen LogP contribution in [0.25, 0.3) is 0 Å². The number of benzene rings is 1. The first-order valence-electron chi connectivity index (χ1n) is 10.9. The van der Waals surface area contributed by atoms with Crippen LogP contribution >= 0.6 is 0 Å². The highest BCUT2D eigenvalue weighted by Gasteiger charge is 2.26. The largest absolute Gasteiger partial charge is 0.365 e. The number of piperidine rings is 1. The van der Waals surface area contributed by atoms with Crippen molar-refractivity contribution in [3.05, 3.63) is 59.0 Å². The SMILES string of the molecule is NC(=O)c1cnc(Nc2cnn(C3CCNCC3)c2)nc1NC1CCc2cc(F)c(F)cc21. The summed E-state index contributed by atoms with van der Waals surface area (Å²) in [7, 11) is 0. The average molecular weight is 454 g/mol. The summed E-state index contributed by atoms with van der Waals surface area (Å²) in [6.45, 7) is 1.92. The topological polar surface area (TPSA) is 123 Å². The van der Waals surface area contributed by atoms with Gasteiger partial charge in [-0.05, 0) is 62.0 Å². The summed E-state index contributed by atoms with van der Waals surface area (Å²) in [5, 5.41) is 14.1. The number of hydrogen-bond donors (Lipinski definition) is 4. The van der Waals surface area contributed by atoms with Crippen LogP contribution in [0, 0.1) is 11.6 Å². The molecule has 0 saturated carbocycles. The van der Waals surface area contributed by atoms with Crippen molar-refractivity contribution in [1.82, 2.24) is 25.1 Å². The zero-order chi connectivity index (χ0) is 22.9. The highest BCUT2D eigenvalue weighted by Crippen LogP contribution is 2.35. The Balaban J connectivity index is 1.37. The van der Waals surface area contributed by atoms with Crippen molar-refractivity contribution in [3.8, 4) is 0 Å². The Kier molecular flexibility index (Phi) is 5.63. The Bertz CT molecular complexity index is 1190. The molecule has 9 nitrogen and oxygen atoms in total. The van der Waals surface area contributed by atoms with Crippen LogP contribution in [0.1, 0.15) is 52.8 Å². The highest BCUT2D eigenvalue weighted by molar-refractivity contribution is 5.97. The molecule has 3 aromatic rings. The zero-order valence-corrected chi connectivity index (χ0v) is 17.8. The van der Waals surface area contributed by atoms with E-state index in [4.69, 9.17) is 5.73 Å². The number of nitrogens with two attached hydrogens (primary N) is 1. The Morgan fingerprint density at radius 3 is 2.73 bits per heavy atom. The molecule has 0 spiro atoms. The number of aryl methyl sites for hydroxylation is 1. The van der Waals surface area contributed by atoms with Crippen LogP contribution in [0.2, 0.25) is 0 Å².